The minimum absolute atomic E-state index is 0.715. The van der Waals surface area contributed by atoms with Crippen LogP contribution in [0.2, 0.25) is 0 Å². The SMILES string of the molecule is CCCCCCCCCCCCCCCCC([C](C)C)C(CCCCCCCCCCCC)c1ccccc1. The summed E-state index contributed by atoms with van der Waals surface area (Å²) in [6, 6.07) is 11.5. The Hall–Kier alpha value is -0.780. The molecular weight excluding hydrogens is 468 g/mol. The Labute approximate surface area is 247 Å². The molecule has 0 aliphatic rings. The lowest BCUT2D eigenvalue weighted by atomic mass is 9.74. The molecule has 0 saturated heterocycles. The van der Waals surface area contributed by atoms with E-state index in [0.29, 0.717) is 5.92 Å². The van der Waals surface area contributed by atoms with Crippen LogP contribution >= 0.6 is 0 Å². The van der Waals surface area contributed by atoms with Crippen LogP contribution < -0.4 is 0 Å². The van der Waals surface area contributed by atoms with E-state index in [1.807, 2.05) is 0 Å². The summed E-state index contributed by atoms with van der Waals surface area (Å²) < 4.78 is 0. The zero-order chi connectivity index (χ0) is 28.2. The minimum atomic E-state index is 0.715. The third-order valence-electron chi connectivity index (χ3n) is 9.19. The molecule has 0 aliphatic heterocycles. The van der Waals surface area contributed by atoms with E-state index >= 15 is 0 Å². The zero-order valence-electron chi connectivity index (χ0n) is 27.4. The summed E-state index contributed by atoms with van der Waals surface area (Å²) in [4.78, 5) is 0. The van der Waals surface area contributed by atoms with Crippen LogP contribution in [-0.4, -0.2) is 0 Å². The summed E-state index contributed by atoms with van der Waals surface area (Å²) in [6.45, 7) is 9.43. The predicted octanol–water partition coefficient (Wildman–Crippen LogP) is 14.2. The van der Waals surface area contributed by atoms with Crippen LogP contribution in [0.15, 0.2) is 30.3 Å². The third kappa shape index (κ3) is 20.7. The molecular formula is C39H71. The molecule has 1 radical (unpaired) electrons. The van der Waals surface area contributed by atoms with Crippen molar-refractivity contribution in [2.45, 2.75) is 201 Å². The summed E-state index contributed by atoms with van der Waals surface area (Å²) in [7, 11) is 0. The molecule has 1 aromatic carbocycles. The van der Waals surface area contributed by atoms with Crippen LogP contribution in [0, 0.1) is 11.8 Å². The normalized spacial score (nSPS) is 13.3. The van der Waals surface area contributed by atoms with Crippen LogP contribution in [-0.2, 0) is 0 Å². The first-order chi connectivity index (χ1) is 19.2. The summed E-state index contributed by atoms with van der Waals surface area (Å²) in [5, 5.41) is 0. The predicted molar refractivity (Wildman–Crippen MR) is 179 cm³/mol. The fourth-order valence-electron chi connectivity index (χ4n) is 6.60. The van der Waals surface area contributed by atoms with E-state index in [0.717, 1.165) is 5.92 Å². The fourth-order valence-corrected chi connectivity index (χ4v) is 6.60. The third-order valence-corrected chi connectivity index (χ3v) is 9.19. The van der Waals surface area contributed by atoms with Gasteiger partial charge in [-0.15, -0.1) is 0 Å². The monoisotopic (exact) mass is 540 g/mol. The molecule has 227 valence electrons. The first-order valence-corrected chi connectivity index (χ1v) is 18.1. The molecule has 2 atom stereocenters. The summed E-state index contributed by atoms with van der Waals surface area (Å²) in [5.74, 6) is 3.13. The average molecular weight is 540 g/mol. The lowest BCUT2D eigenvalue weighted by molar-refractivity contribution is 0.364. The second-order valence-electron chi connectivity index (χ2n) is 13.1. The van der Waals surface area contributed by atoms with Gasteiger partial charge in [0.05, 0.1) is 0 Å². The Kier molecular flexibility index (Phi) is 25.5. The zero-order valence-corrected chi connectivity index (χ0v) is 27.4. The van der Waals surface area contributed by atoms with Gasteiger partial charge >= 0.3 is 0 Å². The Morgan fingerprint density at radius 1 is 0.436 bits per heavy atom. The van der Waals surface area contributed by atoms with Gasteiger partial charge in [0.1, 0.15) is 0 Å². The maximum Gasteiger partial charge on any atom is -0.0128 e. The van der Waals surface area contributed by atoms with Gasteiger partial charge in [0.2, 0.25) is 0 Å². The Morgan fingerprint density at radius 2 is 0.769 bits per heavy atom. The lowest BCUT2D eigenvalue weighted by Gasteiger charge is -2.31. The molecule has 0 aromatic heterocycles. The number of rotatable bonds is 29. The van der Waals surface area contributed by atoms with Crippen LogP contribution in [0.5, 0.6) is 0 Å². The van der Waals surface area contributed by atoms with Crippen molar-refractivity contribution in [3.63, 3.8) is 0 Å². The van der Waals surface area contributed by atoms with E-state index in [-0.39, 0.29) is 0 Å². The van der Waals surface area contributed by atoms with Crippen LogP contribution in [0.25, 0.3) is 0 Å². The van der Waals surface area contributed by atoms with E-state index in [9.17, 15) is 0 Å². The molecule has 0 fully saturated rings. The first-order valence-electron chi connectivity index (χ1n) is 18.1. The highest BCUT2D eigenvalue weighted by atomic mass is 14.3. The fraction of sp³-hybridized carbons (Fsp3) is 0.821. The molecule has 0 N–H and O–H groups in total. The Bertz CT molecular complexity index is 587. The van der Waals surface area contributed by atoms with Gasteiger partial charge in [0, 0.05) is 0 Å². The number of hydrogen-bond acceptors (Lipinski definition) is 0. The van der Waals surface area contributed by atoms with E-state index in [1.54, 1.807) is 11.5 Å². The smallest absolute Gasteiger partial charge is 0.0128 e. The van der Waals surface area contributed by atoms with Gasteiger partial charge in [0.15, 0.2) is 0 Å². The van der Waals surface area contributed by atoms with Crippen molar-refractivity contribution in [2.24, 2.45) is 5.92 Å². The van der Waals surface area contributed by atoms with Crippen molar-refractivity contribution in [1.82, 2.24) is 0 Å². The van der Waals surface area contributed by atoms with E-state index in [4.69, 9.17) is 0 Å². The van der Waals surface area contributed by atoms with E-state index < -0.39 is 0 Å². The summed E-state index contributed by atoms with van der Waals surface area (Å²) in [6.07, 6.45) is 37.3. The van der Waals surface area contributed by atoms with Crippen molar-refractivity contribution in [3.8, 4) is 0 Å². The quantitative estimate of drug-likeness (QED) is 0.0888. The molecule has 39 heavy (non-hydrogen) atoms. The van der Waals surface area contributed by atoms with Crippen molar-refractivity contribution in [3.05, 3.63) is 41.8 Å². The van der Waals surface area contributed by atoms with Gasteiger partial charge in [-0.05, 0) is 36.2 Å². The number of hydrogen-bond donors (Lipinski definition) is 0. The molecule has 0 bridgehead atoms. The van der Waals surface area contributed by atoms with Crippen LogP contribution in [0.1, 0.15) is 206 Å². The first kappa shape index (κ1) is 36.2. The van der Waals surface area contributed by atoms with Gasteiger partial charge < -0.3 is 0 Å². The molecule has 1 rings (SSSR count). The number of unbranched alkanes of at least 4 members (excludes halogenated alkanes) is 22. The minimum Gasteiger partial charge on any atom is -0.0654 e. The Morgan fingerprint density at radius 3 is 1.13 bits per heavy atom. The molecule has 0 amide bonds. The molecule has 2 unspecified atom stereocenters. The highest BCUT2D eigenvalue weighted by Crippen LogP contribution is 2.39. The lowest BCUT2D eigenvalue weighted by Crippen LogP contribution is -2.18. The van der Waals surface area contributed by atoms with Gasteiger partial charge in [-0.3, -0.25) is 0 Å². The largest absolute Gasteiger partial charge is 0.0654 e. The van der Waals surface area contributed by atoms with E-state index in [2.05, 4.69) is 58.0 Å². The molecule has 0 nitrogen and oxygen atoms in total. The van der Waals surface area contributed by atoms with Gasteiger partial charge in [0.25, 0.3) is 0 Å². The molecule has 1 aromatic rings. The average Bonchev–Trinajstić information content (AvgIpc) is 2.95. The van der Waals surface area contributed by atoms with Crippen LogP contribution in [0.4, 0.5) is 0 Å². The van der Waals surface area contributed by atoms with Crippen molar-refractivity contribution in [2.75, 3.05) is 0 Å². The van der Waals surface area contributed by atoms with Gasteiger partial charge in [-0.25, -0.2) is 0 Å². The molecule has 0 spiro atoms. The molecule has 0 heterocycles. The van der Waals surface area contributed by atoms with Crippen molar-refractivity contribution in [1.29, 1.82) is 0 Å². The molecule has 0 aliphatic carbocycles. The van der Waals surface area contributed by atoms with Gasteiger partial charge in [-0.1, -0.05) is 212 Å². The standard InChI is InChI=1S/C39H71/c1-5-7-9-11-13-15-17-18-19-20-22-23-25-30-34-38(36(3)4)39(37-32-28-27-29-33-37)35-31-26-24-21-16-14-12-10-8-6-2/h27-29,32-33,38-39H,5-26,30-31,34-35H2,1-4H3. The van der Waals surface area contributed by atoms with Crippen LogP contribution in [0.3, 0.4) is 0 Å². The maximum absolute atomic E-state index is 2.41. The molecule has 0 heteroatoms. The van der Waals surface area contributed by atoms with Gasteiger partial charge in [-0.2, -0.15) is 0 Å². The summed E-state index contributed by atoms with van der Waals surface area (Å²) in [5.41, 5.74) is 1.59. The van der Waals surface area contributed by atoms with Crippen molar-refractivity contribution >= 4 is 0 Å². The highest BCUT2D eigenvalue weighted by Gasteiger charge is 2.25. The second kappa shape index (κ2) is 27.4. The van der Waals surface area contributed by atoms with Crippen molar-refractivity contribution < 1.29 is 0 Å². The topological polar surface area (TPSA) is 0 Å². The number of benzene rings is 1. The maximum atomic E-state index is 2.41. The Balaban J connectivity index is 2.25. The highest BCUT2D eigenvalue weighted by molar-refractivity contribution is 5.22. The summed E-state index contributed by atoms with van der Waals surface area (Å²) >= 11 is 0. The second-order valence-corrected chi connectivity index (χ2v) is 13.1. The van der Waals surface area contributed by atoms with E-state index in [1.165, 1.54) is 167 Å². The molecule has 0 saturated carbocycles.